The molecule has 0 aliphatic rings. The molecular formula is C13H30N6O2. The van der Waals surface area contributed by atoms with Gasteiger partial charge in [0.05, 0.1) is 12.1 Å². The van der Waals surface area contributed by atoms with Crippen LogP contribution in [0.5, 0.6) is 0 Å². The van der Waals surface area contributed by atoms with E-state index < -0.39 is 0 Å². The molecule has 8 nitrogen and oxygen atoms in total. The van der Waals surface area contributed by atoms with Crippen LogP contribution in [0.1, 0.15) is 12.8 Å². The van der Waals surface area contributed by atoms with Gasteiger partial charge in [-0.2, -0.15) is 0 Å². The Labute approximate surface area is 127 Å². The quantitative estimate of drug-likeness (QED) is 0.219. The number of amides is 2. The number of rotatable bonds is 12. The summed E-state index contributed by atoms with van der Waals surface area (Å²) in [5.74, 6) is -0.131. The van der Waals surface area contributed by atoms with Crippen molar-refractivity contribution in [2.24, 2.45) is 5.73 Å². The summed E-state index contributed by atoms with van der Waals surface area (Å²) in [5.41, 5.74) is 5.46. The first-order chi connectivity index (χ1) is 10.1. The Kier molecular flexibility index (Phi) is 11.8. The summed E-state index contributed by atoms with van der Waals surface area (Å²) in [4.78, 5) is 23.5. The first kappa shape index (κ1) is 19.8. The third-order valence-electron chi connectivity index (χ3n) is 3.21. The maximum atomic E-state index is 11.9. The van der Waals surface area contributed by atoms with Gasteiger partial charge >= 0.3 is 0 Å². The van der Waals surface area contributed by atoms with Crippen molar-refractivity contribution in [2.45, 2.75) is 24.9 Å². The molecule has 0 spiro atoms. The van der Waals surface area contributed by atoms with Crippen LogP contribution in [0.15, 0.2) is 0 Å². The summed E-state index contributed by atoms with van der Waals surface area (Å²) in [6.45, 7) is 2.13. The SMILES string of the molecule is CNCCNC(=O)[C@H](CCCNC(=O)[C@H](CN)NC)NC. The van der Waals surface area contributed by atoms with Crippen LogP contribution in [0.25, 0.3) is 0 Å². The van der Waals surface area contributed by atoms with E-state index in [1.54, 1.807) is 14.1 Å². The van der Waals surface area contributed by atoms with E-state index in [-0.39, 0.29) is 30.4 Å². The molecule has 2 atom stereocenters. The predicted octanol–water partition coefficient (Wildman–Crippen LogP) is -2.65. The maximum absolute atomic E-state index is 11.9. The highest BCUT2D eigenvalue weighted by Gasteiger charge is 2.16. The minimum absolute atomic E-state index is 0.0193. The predicted molar refractivity (Wildman–Crippen MR) is 83.9 cm³/mol. The molecule has 2 amide bonds. The standard InChI is InChI=1S/C13H30N6O2/c1-15-7-8-19-12(20)10(16-2)5-4-6-18-13(21)11(9-14)17-3/h10-11,15-17H,4-9,14H2,1-3H3,(H,18,21)(H,19,20)/t10-,11-/m0/s1. The monoisotopic (exact) mass is 302 g/mol. The number of carbonyl (C=O) groups excluding carboxylic acids is 2. The van der Waals surface area contributed by atoms with E-state index >= 15 is 0 Å². The fourth-order valence-corrected chi connectivity index (χ4v) is 1.84. The number of likely N-dealkylation sites (N-methyl/N-ethyl adjacent to an activating group) is 3. The lowest BCUT2D eigenvalue weighted by atomic mass is 10.1. The third-order valence-corrected chi connectivity index (χ3v) is 3.21. The maximum Gasteiger partial charge on any atom is 0.238 e. The van der Waals surface area contributed by atoms with E-state index in [0.29, 0.717) is 19.5 Å². The summed E-state index contributed by atoms with van der Waals surface area (Å²) < 4.78 is 0. The van der Waals surface area contributed by atoms with Crippen LogP contribution in [0.2, 0.25) is 0 Å². The third kappa shape index (κ3) is 8.61. The molecule has 0 aromatic heterocycles. The number of hydrogen-bond acceptors (Lipinski definition) is 6. The second-order valence-electron chi connectivity index (χ2n) is 4.75. The Morgan fingerprint density at radius 1 is 0.905 bits per heavy atom. The lowest BCUT2D eigenvalue weighted by Crippen LogP contribution is -2.48. The van der Waals surface area contributed by atoms with E-state index in [1.807, 2.05) is 7.05 Å². The van der Waals surface area contributed by atoms with Gasteiger partial charge in [0.15, 0.2) is 0 Å². The van der Waals surface area contributed by atoms with Crippen molar-refractivity contribution < 1.29 is 9.59 Å². The fraction of sp³-hybridized carbons (Fsp3) is 0.846. The van der Waals surface area contributed by atoms with Gasteiger partial charge in [-0.25, -0.2) is 0 Å². The van der Waals surface area contributed by atoms with E-state index in [9.17, 15) is 9.59 Å². The second kappa shape index (κ2) is 12.5. The van der Waals surface area contributed by atoms with Gasteiger partial charge in [-0.15, -0.1) is 0 Å². The first-order valence-corrected chi connectivity index (χ1v) is 7.35. The second-order valence-corrected chi connectivity index (χ2v) is 4.75. The number of carbonyl (C=O) groups is 2. The first-order valence-electron chi connectivity index (χ1n) is 7.35. The van der Waals surface area contributed by atoms with Crippen molar-refractivity contribution in [1.29, 1.82) is 0 Å². The van der Waals surface area contributed by atoms with E-state index in [1.165, 1.54) is 0 Å². The molecule has 0 rings (SSSR count). The van der Waals surface area contributed by atoms with Gasteiger partial charge in [-0.3, -0.25) is 9.59 Å². The Balaban J connectivity index is 3.91. The van der Waals surface area contributed by atoms with Crippen LogP contribution in [0.4, 0.5) is 0 Å². The molecule has 8 heteroatoms. The van der Waals surface area contributed by atoms with Crippen LogP contribution >= 0.6 is 0 Å². The largest absolute Gasteiger partial charge is 0.355 e. The van der Waals surface area contributed by atoms with Crippen molar-refractivity contribution >= 4 is 11.8 Å². The Hall–Kier alpha value is -1.22. The van der Waals surface area contributed by atoms with Gasteiger partial charge in [0, 0.05) is 26.2 Å². The highest BCUT2D eigenvalue weighted by molar-refractivity contribution is 5.82. The lowest BCUT2D eigenvalue weighted by molar-refractivity contribution is -0.123. The van der Waals surface area contributed by atoms with Crippen molar-refractivity contribution in [3.8, 4) is 0 Å². The van der Waals surface area contributed by atoms with E-state index in [0.717, 1.165) is 13.0 Å². The number of nitrogens with two attached hydrogens (primary N) is 1. The fourth-order valence-electron chi connectivity index (χ4n) is 1.84. The Morgan fingerprint density at radius 2 is 1.48 bits per heavy atom. The van der Waals surface area contributed by atoms with E-state index in [4.69, 9.17) is 5.73 Å². The molecule has 0 saturated carbocycles. The van der Waals surface area contributed by atoms with Crippen LogP contribution < -0.4 is 32.3 Å². The molecule has 0 unspecified atom stereocenters. The van der Waals surface area contributed by atoms with Crippen LogP contribution in [0, 0.1) is 0 Å². The molecule has 0 fully saturated rings. The summed E-state index contributed by atoms with van der Waals surface area (Å²) in [6, 6.07) is -0.608. The van der Waals surface area contributed by atoms with Gasteiger partial charge in [-0.1, -0.05) is 0 Å². The topological polar surface area (TPSA) is 120 Å². The van der Waals surface area contributed by atoms with Gasteiger partial charge in [-0.05, 0) is 34.0 Å². The van der Waals surface area contributed by atoms with Crippen LogP contribution in [-0.4, -0.2) is 71.2 Å². The molecule has 0 aliphatic heterocycles. The smallest absolute Gasteiger partial charge is 0.238 e. The van der Waals surface area contributed by atoms with Crippen molar-refractivity contribution in [3.05, 3.63) is 0 Å². The summed E-state index contributed by atoms with van der Waals surface area (Å²) in [5, 5.41) is 14.4. The Bertz CT molecular complexity index is 296. The molecule has 124 valence electrons. The summed E-state index contributed by atoms with van der Waals surface area (Å²) in [6.07, 6.45) is 1.38. The normalized spacial score (nSPS) is 13.5. The van der Waals surface area contributed by atoms with Crippen molar-refractivity contribution in [3.63, 3.8) is 0 Å². The van der Waals surface area contributed by atoms with Gasteiger partial charge < -0.3 is 32.3 Å². The minimum atomic E-state index is -0.366. The Morgan fingerprint density at radius 3 is 2.00 bits per heavy atom. The van der Waals surface area contributed by atoms with Crippen molar-refractivity contribution in [2.75, 3.05) is 47.3 Å². The molecule has 0 radical (unpaired) electrons. The lowest BCUT2D eigenvalue weighted by Gasteiger charge is -2.17. The van der Waals surface area contributed by atoms with Gasteiger partial charge in [0.25, 0.3) is 0 Å². The average molecular weight is 302 g/mol. The molecule has 0 bridgehead atoms. The van der Waals surface area contributed by atoms with Gasteiger partial charge in [0.2, 0.25) is 11.8 Å². The zero-order chi connectivity index (χ0) is 16.1. The van der Waals surface area contributed by atoms with Crippen LogP contribution in [0.3, 0.4) is 0 Å². The number of hydrogen-bond donors (Lipinski definition) is 6. The zero-order valence-electron chi connectivity index (χ0n) is 13.3. The van der Waals surface area contributed by atoms with Crippen LogP contribution in [-0.2, 0) is 9.59 Å². The molecular weight excluding hydrogens is 272 g/mol. The summed E-state index contributed by atoms with van der Waals surface area (Å²) in [7, 11) is 5.29. The zero-order valence-corrected chi connectivity index (χ0v) is 13.3. The van der Waals surface area contributed by atoms with Crippen molar-refractivity contribution in [1.82, 2.24) is 26.6 Å². The molecule has 21 heavy (non-hydrogen) atoms. The molecule has 0 aliphatic carbocycles. The average Bonchev–Trinajstić information content (AvgIpc) is 2.48. The molecule has 0 saturated heterocycles. The van der Waals surface area contributed by atoms with Gasteiger partial charge in [0.1, 0.15) is 0 Å². The molecule has 0 aromatic rings. The summed E-state index contributed by atoms with van der Waals surface area (Å²) >= 11 is 0. The molecule has 7 N–H and O–H groups in total. The highest BCUT2D eigenvalue weighted by Crippen LogP contribution is 1.96. The van der Waals surface area contributed by atoms with E-state index in [2.05, 4.69) is 26.6 Å². The highest BCUT2D eigenvalue weighted by atomic mass is 16.2. The number of nitrogens with one attached hydrogen (secondary N) is 5. The molecule has 0 aromatic carbocycles. The minimum Gasteiger partial charge on any atom is -0.355 e. The molecule has 0 heterocycles.